The maximum atomic E-state index is 14.5. The number of rotatable bonds is 13. The van der Waals surface area contributed by atoms with Crippen LogP contribution in [0.25, 0.3) is 0 Å². The van der Waals surface area contributed by atoms with Crippen molar-refractivity contribution in [1.82, 2.24) is 10.2 Å². The van der Waals surface area contributed by atoms with E-state index in [-0.39, 0.29) is 29.7 Å². The van der Waals surface area contributed by atoms with Crippen molar-refractivity contribution in [3.63, 3.8) is 0 Å². The maximum Gasteiger partial charge on any atom is 0.264 e. The number of anilines is 1. The number of amides is 2. The molecule has 4 aromatic carbocycles. The van der Waals surface area contributed by atoms with Crippen molar-refractivity contribution in [2.45, 2.75) is 51.6 Å². The molecular formula is C36H41N3O4S. The van der Waals surface area contributed by atoms with Crippen LogP contribution in [0.2, 0.25) is 0 Å². The smallest absolute Gasteiger partial charge is 0.264 e. The molecule has 0 radical (unpaired) electrons. The summed E-state index contributed by atoms with van der Waals surface area (Å²) < 4.78 is 29.3. The van der Waals surface area contributed by atoms with Crippen LogP contribution in [0, 0.1) is 19.8 Å². The van der Waals surface area contributed by atoms with E-state index in [9.17, 15) is 18.0 Å². The first-order valence-electron chi connectivity index (χ1n) is 14.9. The molecule has 230 valence electrons. The van der Waals surface area contributed by atoms with Crippen LogP contribution >= 0.6 is 0 Å². The lowest BCUT2D eigenvalue weighted by Gasteiger charge is -2.34. The van der Waals surface area contributed by atoms with Gasteiger partial charge in [-0.3, -0.25) is 13.9 Å². The van der Waals surface area contributed by atoms with Gasteiger partial charge in [-0.15, -0.1) is 0 Å². The van der Waals surface area contributed by atoms with Crippen molar-refractivity contribution in [1.29, 1.82) is 0 Å². The lowest BCUT2D eigenvalue weighted by molar-refractivity contribution is -0.140. The Labute approximate surface area is 261 Å². The largest absolute Gasteiger partial charge is 0.354 e. The van der Waals surface area contributed by atoms with Gasteiger partial charge in [-0.05, 0) is 66.3 Å². The second kappa shape index (κ2) is 14.8. The first-order chi connectivity index (χ1) is 21.1. The van der Waals surface area contributed by atoms with E-state index in [0.717, 1.165) is 26.6 Å². The molecule has 0 spiro atoms. The Hall–Kier alpha value is -4.43. The Morgan fingerprint density at radius 2 is 1.32 bits per heavy atom. The van der Waals surface area contributed by atoms with Crippen LogP contribution in [0.1, 0.15) is 36.1 Å². The number of carbonyl (C=O) groups is 2. The Morgan fingerprint density at radius 1 is 0.750 bits per heavy atom. The molecule has 0 saturated carbocycles. The summed E-state index contributed by atoms with van der Waals surface area (Å²) in [6, 6.07) is 31.6. The Kier molecular flexibility index (Phi) is 11.0. The Morgan fingerprint density at radius 3 is 1.89 bits per heavy atom. The van der Waals surface area contributed by atoms with Crippen LogP contribution in [-0.4, -0.2) is 44.3 Å². The molecule has 1 N–H and O–H groups in total. The van der Waals surface area contributed by atoms with Crippen molar-refractivity contribution in [3.8, 4) is 0 Å². The van der Waals surface area contributed by atoms with Crippen molar-refractivity contribution >= 4 is 27.5 Å². The summed E-state index contributed by atoms with van der Waals surface area (Å²) in [7, 11) is -4.13. The lowest BCUT2D eigenvalue weighted by Crippen LogP contribution is -2.53. The van der Waals surface area contributed by atoms with Crippen molar-refractivity contribution < 1.29 is 18.0 Å². The van der Waals surface area contributed by atoms with E-state index in [1.165, 1.54) is 17.0 Å². The molecule has 0 saturated heterocycles. The molecule has 7 nitrogen and oxygen atoms in total. The van der Waals surface area contributed by atoms with E-state index in [4.69, 9.17) is 0 Å². The van der Waals surface area contributed by atoms with Gasteiger partial charge in [0.05, 0.1) is 10.6 Å². The number of nitrogens with one attached hydrogen (secondary N) is 1. The first-order valence-corrected chi connectivity index (χ1v) is 16.3. The molecule has 0 aliphatic carbocycles. The van der Waals surface area contributed by atoms with Crippen LogP contribution in [-0.2, 0) is 32.6 Å². The summed E-state index contributed by atoms with van der Waals surface area (Å²) in [5.41, 5.74) is 4.02. The zero-order valence-electron chi connectivity index (χ0n) is 25.8. The Bertz CT molecular complexity index is 1640. The highest BCUT2D eigenvalue weighted by Gasteiger charge is 2.34. The average Bonchev–Trinajstić information content (AvgIpc) is 3.03. The summed E-state index contributed by atoms with van der Waals surface area (Å²) in [6.45, 7) is 7.99. The molecule has 4 aromatic rings. The van der Waals surface area contributed by atoms with E-state index < -0.39 is 28.5 Å². The topological polar surface area (TPSA) is 86.8 Å². The SMILES string of the molecule is Cc1ccc(N(CC(=O)N(Cc2ccccc2)[C@H](Cc2ccccc2)C(=O)NCC(C)C)S(=O)(=O)c2ccccc2)cc1C. The molecule has 4 rings (SSSR count). The lowest BCUT2D eigenvalue weighted by atomic mass is 10.0. The summed E-state index contributed by atoms with van der Waals surface area (Å²) in [6.07, 6.45) is 0.276. The van der Waals surface area contributed by atoms with Gasteiger partial charge in [-0.25, -0.2) is 8.42 Å². The Balaban J connectivity index is 1.79. The molecule has 0 aliphatic rings. The molecule has 0 bridgehead atoms. The molecule has 8 heteroatoms. The zero-order chi connectivity index (χ0) is 31.7. The second-order valence-electron chi connectivity index (χ2n) is 11.4. The van der Waals surface area contributed by atoms with Gasteiger partial charge in [0, 0.05) is 19.5 Å². The van der Waals surface area contributed by atoms with Gasteiger partial charge < -0.3 is 10.2 Å². The number of hydrogen-bond donors (Lipinski definition) is 1. The first kappa shape index (κ1) is 32.5. The minimum absolute atomic E-state index is 0.0798. The van der Waals surface area contributed by atoms with E-state index >= 15 is 0 Å². The fourth-order valence-electron chi connectivity index (χ4n) is 4.89. The normalized spacial score (nSPS) is 12.0. The maximum absolute atomic E-state index is 14.5. The van der Waals surface area contributed by atoms with Gasteiger partial charge in [0.1, 0.15) is 12.6 Å². The van der Waals surface area contributed by atoms with Crippen LogP contribution in [0.4, 0.5) is 5.69 Å². The van der Waals surface area contributed by atoms with Gasteiger partial charge in [0.15, 0.2) is 0 Å². The third-order valence-electron chi connectivity index (χ3n) is 7.54. The summed E-state index contributed by atoms with van der Waals surface area (Å²) in [4.78, 5) is 29.9. The minimum atomic E-state index is -4.13. The number of carbonyl (C=O) groups excluding carboxylic acids is 2. The molecule has 0 unspecified atom stereocenters. The van der Waals surface area contributed by atoms with Gasteiger partial charge in [0.25, 0.3) is 10.0 Å². The van der Waals surface area contributed by atoms with Gasteiger partial charge in [-0.2, -0.15) is 0 Å². The molecular weight excluding hydrogens is 570 g/mol. The summed E-state index contributed by atoms with van der Waals surface area (Å²) in [5.74, 6) is -0.548. The number of nitrogens with zero attached hydrogens (tertiary/aromatic N) is 2. The van der Waals surface area contributed by atoms with E-state index in [0.29, 0.717) is 12.2 Å². The fraction of sp³-hybridized carbons (Fsp3) is 0.278. The molecule has 1 atom stereocenters. The van der Waals surface area contributed by atoms with Crippen molar-refractivity contribution in [2.75, 3.05) is 17.4 Å². The molecule has 0 aliphatic heterocycles. The molecule has 0 heterocycles. The quantitative estimate of drug-likeness (QED) is 0.204. The van der Waals surface area contributed by atoms with Crippen LogP contribution in [0.5, 0.6) is 0 Å². The minimum Gasteiger partial charge on any atom is -0.354 e. The molecule has 2 amide bonds. The monoisotopic (exact) mass is 611 g/mol. The van der Waals surface area contributed by atoms with Crippen molar-refractivity contribution in [3.05, 3.63) is 131 Å². The summed E-state index contributed by atoms with van der Waals surface area (Å²) >= 11 is 0. The summed E-state index contributed by atoms with van der Waals surface area (Å²) in [5, 5.41) is 3.01. The number of hydrogen-bond acceptors (Lipinski definition) is 4. The predicted octanol–water partition coefficient (Wildman–Crippen LogP) is 5.91. The third-order valence-corrected chi connectivity index (χ3v) is 9.33. The number of aryl methyl sites for hydroxylation is 2. The van der Waals surface area contributed by atoms with Crippen LogP contribution < -0.4 is 9.62 Å². The standard InChI is InChI=1S/C36H41N3O4S/c1-27(2)24-37-36(41)34(23-30-14-8-5-9-15-30)38(25-31-16-10-6-11-17-31)35(40)26-39(32-21-20-28(3)29(4)22-32)44(42,43)33-18-12-7-13-19-33/h5-22,27,34H,23-26H2,1-4H3,(H,37,41)/t34-/m1/s1. The van der Waals surface area contributed by atoms with E-state index in [2.05, 4.69) is 5.32 Å². The molecule has 0 aromatic heterocycles. The van der Waals surface area contributed by atoms with Crippen LogP contribution in [0.15, 0.2) is 114 Å². The zero-order valence-corrected chi connectivity index (χ0v) is 26.6. The van der Waals surface area contributed by atoms with Crippen molar-refractivity contribution in [2.24, 2.45) is 5.92 Å². The van der Waals surface area contributed by atoms with Gasteiger partial charge >= 0.3 is 0 Å². The second-order valence-corrected chi connectivity index (χ2v) is 13.3. The number of benzene rings is 4. The highest BCUT2D eigenvalue weighted by atomic mass is 32.2. The highest BCUT2D eigenvalue weighted by molar-refractivity contribution is 7.92. The van der Waals surface area contributed by atoms with E-state index in [1.807, 2.05) is 94.4 Å². The average molecular weight is 612 g/mol. The highest BCUT2D eigenvalue weighted by Crippen LogP contribution is 2.27. The third kappa shape index (κ3) is 8.35. The van der Waals surface area contributed by atoms with E-state index in [1.54, 1.807) is 30.3 Å². The number of sulfonamides is 1. The predicted molar refractivity (Wildman–Crippen MR) is 176 cm³/mol. The molecule has 0 fully saturated rings. The fourth-order valence-corrected chi connectivity index (χ4v) is 6.31. The van der Waals surface area contributed by atoms with Gasteiger partial charge in [0.2, 0.25) is 11.8 Å². The van der Waals surface area contributed by atoms with Gasteiger partial charge in [-0.1, -0.05) is 98.8 Å². The van der Waals surface area contributed by atoms with Crippen LogP contribution in [0.3, 0.4) is 0 Å². The molecule has 44 heavy (non-hydrogen) atoms.